The zero-order valence-corrected chi connectivity index (χ0v) is 10.8. The van der Waals surface area contributed by atoms with Crippen LogP contribution < -0.4 is 9.47 Å². The van der Waals surface area contributed by atoms with E-state index in [-0.39, 0.29) is 5.78 Å². The average Bonchev–Trinajstić information content (AvgIpc) is 2.81. The molecule has 96 valence electrons. The first-order valence-electron chi connectivity index (χ1n) is 5.88. The third-order valence-electron chi connectivity index (χ3n) is 2.78. The molecule has 0 N–H and O–H groups in total. The summed E-state index contributed by atoms with van der Waals surface area (Å²) < 4.78 is 16.0. The van der Waals surface area contributed by atoms with Crippen molar-refractivity contribution in [3.05, 3.63) is 24.0 Å². The van der Waals surface area contributed by atoms with Crippen LogP contribution in [0.25, 0.3) is 11.0 Å². The summed E-state index contributed by atoms with van der Waals surface area (Å²) in [5, 5.41) is 0.790. The Morgan fingerprint density at radius 3 is 2.61 bits per heavy atom. The quantitative estimate of drug-likeness (QED) is 0.760. The molecule has 0 radical (unpaired) electrons. The molecule has 0 aliphatic carbocycles. The van der Waals surface area contributed by atoms with Gasteiger partial charge in [-0.3, -0.25) is 4.79 Å². The Morgan fingerprint density at radius 2 is 2.00 bits per heavy atom. The van der Waals surface area contributed by atoms with Crippen molar-refractivity contribution >= 4 is 16.8 Å². The maximum absolute atomic E-state index is 11.8. The Hall–Kier alpha value is -1.97. The first-order valence-corrected chi connectivity index (χ1v) is 5.88. The summed E-state index contributed by atoms with van der Waals surface area (Å²) in [5.41, 5.74) is 0.602. The number of furan rings is 1. The van der Waals surface area contributed by atoms with Crippen LogP contribution in [0.15, 0.2) is 22.6 Å². The van der Waals surface area contributed by atoms with Gasteiger partial charge in [-0.15, -0.1) is 0 Å². The summed E-state index contributed by atoms with van der Waals surface area (Å²) in [4.78, 5) is 11.8. The third kappa shape index (κ3) is 2.18. The van der Waals surface area contributed by atoms with Crippen LogP contribution in [0.4, 0.5) is 0 Å². The lowest BCUT2D eigenvalue weighted by atomic mass is 10.1. The SMILES string of the molecule is CCCC(=O)c1cc2c(OC)cc(OC)cc2o1. The molecular weight excluding hydrogens is 232 g/mol. The highest BCUT2D eigenvalue weighted by Gasteiger charge is 2.15. The Kier molecular flexibility index (Phi) is 3.55. The van der Waals surface area contributed by atoms with Crippen molar-refractivity contribution in [3.63, 3.8) is 0 Å². The summed E-state index contributed by atoms with van der Waals surface area (Å²) in [6.45, 7) is 1.96. The fourth-order valence-electron chi connectivity index (χ4n) is 1.86. The van der Waals surface area contributed by atoms with E-state index in [0.29, 0.717) is 29.3 Å². The van der Waals surface area contributed by atoms with Crippen LogP contribution in [0.1, 0.15) is 30.3 Å². The van der Waals surface area contributed by atoms with Crippen molar-refractivity contribution in [2.24, 2.45) is 0 Å². The fraction of sp³-hybridized carbons (Fsp3) is 0.357. The lowest BCUT2D eigenvalue weighted by Gasteiger charge is -2.04. The van der Waals surface area contributed by atoms with Crippen molar-refractivity contribution in [3.8, 4) is 11.5 Å². The van der Waals surface area contributed by atoms with E-state index in [1.54, 1.807) is 32.4 Å². The first kappa shape index (κ1) is 12.5. The van der Waals surface area contributed by atoms with E-state index in [2.05, 4.69) is 0 Å². The topological polar surface area (TPSA) is 48.7 Å². The van der Waals surface area contributed by atoms with E-state index in [9.17, 15) is 4.79 Å². The molecule has 0 atom stereocenters. The molecule has 0 aliphatic rings. The summed E-state index contributed by atoms with van der Waals surface area (Å²) >= 11 is 0. The number of rotatable bonds is 5. The van der Waals surface area contributed by atoms with E-state index in [1.165, 1.54) is 0 Å². The smallest absolute Gasteiger partial charge is 0.198 e. The molecular formula is C14H16O4. The molecule has 0 bridgehead atoms. The number of carbonyl (C=O) groups is 1. The van der Waals surface area contributed by atoms with E-state index >= 15 is 0 Å². The van der Waals surface area contributed by atoms with Gasteiger partial charge in [0.1, 0.15) is 17.1 Å². The number of ketones is 1. The molecule has 4 nitrogen and oxygen atoms in total. The number of benzene rings is 1. The summed E-state index contributed by atoms with van der Waals surface area (Å²) in [7, 11) is 3.15. The molecule has 1 heterocycles. The molecule has 0 saturated carbocycles. The number of hydrogen-bond donors (Lipinski definition) is 0. The minimum absolute atomic E-state index is 0.00900. The number of methoxy groups -OCH3 is 2. The van der Waals surface area contributed by atoms with Crippen LogP contribution in [0.2, 0.25) is 0 Å². The molecule has 0 spiro atoms. The third-order valence-corrected chi connectivity index (χ3v) is 2.78. The zero-order valence-electron chi connectivity index (χ0n) is 10.8. The van der Waals surface area contributed by atoms with Gasteiger partial charge in [-0.25, -0.2) is 0 Å². The molecule has 4 heteroatoms. The van der Waals surface area contributed by atoms with Gasteiger partial charge in [-0.05, 0) is 12.5 Å². The van der Waals surface area contributed by atoms with Crippen molar-refractivity contribution in [2.45, 2.75) is 19.8 Å². The highest BCUT2D eigenvalue weighted by molar-refractivity contribution is 5.99. The number of Topliss-reactive ketones (excluding diaryl/α,β-unsaturated/α-hetero) is 1. The number of ether oxygens (including phenoxy) is 2. The Bertz CT molecular complexity index is 568. The molecule has 1 aromatic carbocycles. The predicted molar refractivity (Wildman–Crippen MR) is 68.6 cm³/mol. The van der Waals surface area contributed by atoms with Crippen LogP contribution in [0.5, 0.6) is 11.5 Å². The van der Waals surface area contributed by atoms with Gasteiger partial charge in [0.15, 0.2) is 11.5 Å². The van der Waals surface area contributed by atoms with Crippen molar-refractivity contribution in [2.75, 3.05) is 14.2 Å². The Morgan fingerprint density at radius 1 is 1.22 bits per heavy atom. The van der Waals surface area contributed by atoms with Crippen molar-refractivity contribution in [1.29, 1.82) is 0 Å². The monoisotopic (exact) mass is 248 g/mol. The van der Waals surface area contributed by atoms with Gasteiger partial charge < -0.3 is 13.9 Å². The van der Waals surface area contributed by atoms with Gasteiger partial charge in [0, 0.05) is 18.6 Å². The molecule has 0 fully saturated rings. The standard InChI is InChI=1S/C14H16O4/c1-4-5-11(15)14-8-10-12(17-3)6-9(16-2)7-13(10)18-14/h6-8H,4-5H2,1-3H3. The molecule has 0 aliphatic heterocycles. The summed E-state index contributed by atoms with van der Waals surface area (Å²) in [6, 6.07) is 5.25. The molecule has 0 saturated heterocycles. The Balaban J connectivity index is 2.52. The highest BCUT2D eigenvalue weighted by atomic mass is 16.5. The number of hydrogen-bond acceptors (Lipinski definition) is 4. The van der Waals surface area contributed by atoms with Crippen molar-refractivity contribution < 1.29 is 18.7 Å². The van der Waals surface area contributed by atoms with Crippen LogP contribution in [-0.4, -0.2) is 20.0 Å². The van der Waals surface area contributed by atoms with Gasteiger partial charge in [-0.2, -0.15) is 0 Å². The zero-order chi connectivity index (χ0) is 13.1. The molecule has 2 aromatic rings. The summed E-state index contributed by atoms with van der Waals surface area (Å²) in [6.07, 6.45) is 1.29. The lowest BCUT2D eigenvalue weighted by molar-refractivity contribution is 0.0957. The molecule has 0 amide bonds. The van der Waals surface area contributed by atoms with Crippen molar-refractivity contribution in [1.82, 2.24) is 0 Å². The predicted octanol–water partition coefficient (Wildman–Crippen LogP) is 3.43. The van der Waals surface area contributed by atoms with Gasteiger partial charge in [-0.1, -0.05) is 6.92 Å². The van der Waals surface area contributed by atoms with Crippen LogP contribution >= 0.6 is 0 Å². The fourth-order valence-corrected chi connectivity index (χ4v) is 1.86. The number of carbonyl (C=O) groups excluding carboxylic acids is 1. The second-order valence-electron chi connectivity index (χ2n) is 4.03. The average molecular weight is 248 g/mol. The van der Waals surface area contributed by atoms with Gasteiger partial charge in [0.2, 0.25) is 0 Å². The van der Waals surface area contributed by atoms with Gasteiger partial charge >= 0.3 is 0 Å². The minimum atomic E-state index is 0.00900. The van der Waals surface area contributed by atoms with E-state index < -0.39 is 0 Å². The molecule has 0 unspecified atom stereocenters. The van der Waals surface area contributed by atoms with Gasteiger partial charge in [0.05, 0.1) is 19.6 Å². The maximum atomic E-state index is 11.8. The first-order chi connectivity index (χ1) is 8.69. The summed E-state index contributed by atoms with van der Waals surface area (Å²) in [5.74, 6) is 1.67. The molecule has 18 heavy (non-hydrogen) atoms. The van der Waals surface area contributed by atoms with E-state index in [4.69, 9.17) is 13.9 Å². The van der Waals surface area contributed by atoms with Crippen LogP contribution in [0.3, 0.4) is 0 Å². The van der Waals surface area contributed by atoms with Crippen LogP contribution in [0, 0.1) is 0 Å². The number of fused-ring (bicyclic) bond motifs is 1. The maximum Gasteiger partial charge on any atom is 0.198 e. The Labute approximate surface area is 105 Å². The second kappa shape index (κ2) is 5.12. The minimum Gasteiger partial charge on any atom is -0.496 e. The normalized spacial score (nSPS) is 10.6. The molecule has 1 aromatic heterocycles. The lowest BCUT2D eigenvalue weighted by Crippen LogP contribution is -1.94. The van der Waals surface area contributed by atoms with Gasteiger partial charge in [0.25, 0.3) is 0 Å². The highest BCUT2D eigenvalue weighted by Crippen LogP contribution is 2.33. The molecule has 2 rings (SSSR count). The van der Waals surface area contributed by atoms with Crippen LogP contribution in [-0.2, 0) is 0 Å². The largest absolute Gasteiger partial charge is 0.496 e. The van der Waals surface area contributed by atoms with E-state index in [1.807, 2.05) is 6.92 Å². The van der Waals surface area contributed by atoms with E-state index in [0.717, 1.165) is 11.8 Å². The second-order valence-corrected chi connectivity index (χ2v) is 4.03.